The molecule has 3 aromatic rings. The molecule has 0 N–H and O–H groups in total. The molecule has 1 heterocycles. The minimum atomic E-state index is 0.142. The molecule has 0 fully saturated rings. The molecule has 1 aliphatic carbocycles. The van der Waals surface area contributed by atoms with Crippen LogP contribution in [0.1, 0.15) is 34.0 Å². The van der Waals surface area contributed by atoms with E-state index < -0.39 is 0 Å². The van der Waals surface area contributed by atoms with Crippen molar-refractivity contribution >= 4 is 5.78 Å². The summed E-state index contributed by atoms with van der Waals surface area (Å²) in [7, 11) is 5.11. The van der Waals surface area contributed by atoms with E-state index in [4.69, 9.17) is 9.47 Å². The summed E-state index contributed by atoms with van der Waals surface area (Å²) in [6, 6.07) is 15.9. The van der Waals surface area contributed by atoms with E-state index in [-0.39, 0.29) is 11.7 Å². The van der Waals surface area contributed by atoms with Gasteiger partial charge in [-0.25, -0.2) is 0 Å². The molecule has 0 spiro atoms. The van der Waals surface area contributed by atoms with Crippen LogP contribution in [0.4, 0.5) is 0 Å². The summed E-state index contributed by atoms with van der Waals surface area (Å²) in [4.78, 5) is 13.0. The molecule has 4 rings (SSSR count). The third-order valence-corrected chi connectivity index (χ3v) is 5.24. The maximum absolute atomic E-state index is 13.0. The molecule has 27 heavy (non-hydrogen) atoms. The second kappa shape index (κ2) is 6.91. The minimum absolute atomic E-state index is 0.142. The Balaban J connectivity index is 1.76. The molecular weight excluding hydrogens is 340 g/mol. The number of aryl methyl sites for hydroxylation is 1. The van der Waals surface area contributed by atoms with Gasteiger partial charge in [-0.15, -0.1) is 0 Å². The Morgan fingerprint density at radius 1 is 1.00 bits per heavy atom. The van der Waals surface area contributed by atoms with Gasteiger partial charge in [0, 0.05) is 19.0 Å². The number of ether oxygens (including phenoxy) is 2. The van der Waals surface area contributed by atoms with Gasteiger partial charge in [0.1, 0.15) is 5.69 Å². The van der Waals surface area contributed by atoms with Crippen molar-refractivity contribution in [3.05, 3.63) is 65.4 Å². The Kier molecular flexibility index (Phi) is 4.44. The second-order valence-electron chi connectivity index (χ2n) is 6.80. The minimum Gasteiger partial charge on any atom is -0.493 e. The lowest BCUT2D eigenvalue weighted by Gasteiger charge is -2.22. The molecule has 0 radical (unpaired) electrons. The molecule has 2 aromatic carbocycles. The highest BCUT2D eigenvalue weighted by atomic mass is 16.5. The quantitative estimate of drug-likeness (QED) is 0.703. The zero-order valence-corrected chi connectivity index (χ0v) is 15.7. The molecule has 1 atom stereocenters. The van der Waals surface area contributed by atoms with Crippen LogP contribution in [-0.2, 0) is 13.5 Å². The van der Waals surface area contributed by atoms with Crippen molar-refractivity contribution in [2.24, 2.45) is 7.05 Å². The van der Waals surface area contributed by atoms with Crippen molar-refractivity contribution in [3.63, 3.8) is 0 Å². The molecule has 0 bridgehead atoms. The summed E-state index contributed by atoms with van der Waals surface area (Å²) in [6.07, 6.45) is 1.31. The number of hydrogen-bond acceptors (Lipinski definition) is 4. The Labute approximate surface area is 158 Å². The molecule has 0 unspecified atom stereocenters. The van der Waals surface area contributed by atoms with E-state index in [1.807, 2.05) is 48.1 Å². The summed E-state index contributed by atoms with van der Waals surface area (Å²) < 4.78 is 12.6. The van der Waals surface area contributed by atoms with Crippen LogP contribution < -0.4 is 9.47 Å². The Morgan fingerprint density at radius 2 is 1.74 bits per heavy atom. The van der Waals surface area contributed by atoms with Crippen molar-refractivity contribution in [2.75, 3.05) is 14.2 Å². The molecule has 1 aliphatic rings. The zero-order valence-electron chi connectivity index (χ0n) is 15.7. The average Bonchev–Trinajstić information content (AvgIpc) is 3.05. The standard InChI is InChI=1S/C22H22N2O3/c1-24-17-11-16(14-7-5-4-6-8-14)12-18(25)21(17)22(23-24)15-9-10-19(26-2)20(13-15)27-3/h4-10,13,16H,11-12H2,1-3H3/t16-/m0/s1. The van der Waals surface area contributed by atoms with Gasteiger partial charge >= 0.3 is 0 Å². The summed E-state index contributed by atoms with van der Waals surface area (Å²) >= 11 is 0. The highest BCUT2D eigenvalue weighted by molar-refractivity contribution is 6.04. The van der Waals surface area contributed by atoms with Crippen molar-refractivity contribution in [1.82, 2.24) is 9.78 Å². The summed E-state index contributed by atoms with van der Waals surface area (Å²) in [6.45, 7) is 0. The number of fused-ring (bicyclic) bond motifs is 1. The highest BCUT2D eigenvalue weighted by Crippen LogP contribution is 2.39. The van der Waals surface area contributed by atoms with Crippen LogP contribution >= 0.6 is 0 Å². The van der Waals surface area contributed by atoms with E-state index >= 15 is 0 Å². The van der Waals surface area contributed by atoms with E-state index in [0.29, 0.717) is 23.6 Å². The van der Waals surface area contributed by atoms with Crippen molar-refractivity contribution in [2.45, 2.75) is 18.8 Å². The van der Waals surface area contributed by atoms with E-state index in [1.54, 1.807) is 14.2 Å². The first-order valence-electron chi connectivity index (χ1n) is 8.98. The third kappa shape index (κ3) is 2.99. The number of benzene rings is 2. The Hall–Kier alpha value is -3.08. The van der Waals surface area contributed by atoms with Gasteiger partial charge in [0.15, 0.2) is 17.3 Å². The molecule has 0 saturated carbocycles. The molecular formula is C22H22N2O3. The van der Waals surface area contributed by atoms with Gasteiger partial charge in [-0.1, -0.05) is 30.3 Å². The van der Waals surface area contributed by atoms with Crippen LogP contribution in [0.5, 0.6) is 11.5 Å². The monoisotopic (exact) mass is 362 g/mol. The summed E-state index contributed by atoms with van der Waals surface area (Å²) in [5, 5.41) is 4.67. The Bertz CT molecular complexity index is 992. The largest absolute Gasteiger partial charge is 0.493 e. The van der Waals surface area contributed by atoms with Crippen LogP contribution in [0.3, 0.4) is 0 Å². The predicted molar refractivity (Wildman–Crippen MR) is 104 cm³/mol. The number of nitrogens with zero attached hydrogens (tertiary/aromatic N) is 2. The molecule has 138 valence electrons. The molecule has 0 aliphatic heterocycles. The fourth-order valence-corrected chi connectivity index (χ4v) is 3.86. The smallest absolute Gasteiger partial charge is 0.167 e. The van der Waals surface area contributed by atoms with Gasteiger partial charge in [0.05, 0.1) is 25.5 Å². The van der Waals surface area contributed by atoms with E-state index in [9.17, 15) is 4.79 Å². The normalized spacial score (nSPS) is 16.1. The summed E-state index contributed by atoms with van der Waals surface area (Å²) in [5.41, 5.74) is 4.49. The molecule has 5 heteroatoms. The van der Waals surface area contributed by atoms with E-state index in [0.717, 1.165) is 23.2 Å². The van der Waals surface area contributed by atoms with E-state index in [2.05, 4.69) is 17.2 Å². The third-order valence-electron chi connectivity index (χ3n) is 5.24. The van der Waals surface area contributed by atoms with Gasteiger partial charge in [-0.3, -0.25) is 9.48 Å². The SMILES string of the molecule is COc1ccc(-c2nn(C)c3c2C(=O)C[C@@H](c2ccccc2)C3)cc1OC. The van der Waals surface area contributed by atoms with Gasteiger partial charge in [-0.2, -0.15) is 5.10 Å². The molecule has 0 amide bonds. The van der Waals surface area contributed by atoms with Gasteiger partial charge in [-0.05, 0) is 36.1 Å². The Morgan fingerprint density at radius 3 is 2.44 bits per heavy atom. The lowest BCUT2D eigenvalue weighted by atomic mass is 9.81. The van der Waals surface area contributed by atoms with Crippen LogP contribution in [-0.4, -0.2) is 29.8 Å². The first-order valence-corrected chi connectivity index (χ1v) is 8.98. The fraction of sp³-hybridized carbons (Fsp3) is 0.273. The lowest BCUT2D eigenvalue weighted by molar-refractivity contribution is 0.0964. The first kappa shape index (κ1) is 17.3. The van der Waals surface area contributed by atoms with Crippen LogP contribution in [0.15, 0.2) is 48.5 Å². The topological polar surface area (TPSA) is 53.4 Å². The number of ketones is 1. The summed E-state index contributed by atoms with van der Waals surface area (Å²) in [5.74, 6) is 1.61. The van der Waals surface area contributed by atoms with Crippen LogP contribution in [0.25, 0.3) is 11.3 Å². The van der Waals surface area contributed by atoms with Crippen molar-refractivity contribution < 1.29 is 14.3 Å². The number of carbonyl (C=O) groups is 1. The van der Waals surface area contributed by atoms with Crippen LogP contribution in [0, 0.1) is 0 Å². The molecule has 0 saturated heterocycles. The number of carbonyl (C=O) groups excluding carboxylic acids is 1. The fourth-order valence-electron chi connectivity index (χ4n) is 3.86. The number of hydrogen-bond donors (Lipinski definition) is 0. The van der Waals surface area contributed by atoms with Gasteiger partial charge in [0.25, 0.3) is 0 Å². The van der Waals surface area contributed by atoms with Crippen molar-refractivity contribution in [1.29, 1.82) is 0 Å². The van der Waals surface area contributed by atoms with Gasteiger partial charge < -0.3 is 9.47 Å². The molecule has 5 nitrogen and oxygen atoms in total. The zero-order chi connectivity index (χ0) is 19.0. The highest BCUT2D eigenvalue weighted by Gasteiger charge is 2.32. The second-order valence-corrected chi connectivity index (χ2v) is 6.80. The van der Waals surface area contributed by atoms with Crippen LogP contribution in [0.2, 0.25) is 0 Å². The molecule has 1 aromatic heterocycles. The van der Waals surface area contributed by atoms with Crippen molar-refractivity contribution in [3.8, 4) is 22.8 Å². The first-order chi connectivity index (χ1) is 13.1. The number of aromatic nitrogens is 2. The maximum atomic E-state index is 13.0. The number of Topliss-reactive ketones (excluding diaryl/α,β-unsaturated/α-hetero) is 1. The lowest BCUT2D eigenvalue weighted by Crippen LogP contribution is -2.20. The average molecular weight is 362 g/mol. The van der Waals surface area contributed by atoms with Gasteiger partial charge in [0.2, 0.25) is 0 Å². The van der Waals surface area contributed by atoms with E-state index in [1.165, 1.54) is 5.56 Å². The predicted octanol–water partition coefficient (Wildman–Crippen LogP) is 4.02. The maximum Gasteiger partial charge on any atom is 0.167 e. The number of methoxy groups -OCH3 is 2. The number of rotatable bonds is 4.